The number of aromatic amines is 1. The molecule has 0 saturated heterocycles. The first-order chi connectivity index (χ1) is 11.1. The zero-order valence-corrected chi connectivity index (χ0v) is 13.7. The van der Waals surface area contributed by atoms with Crippen molar-refractivity contribution < 1.29 is 4.79 Å². The van der Waals surface area contributed by atoms with Gasteiger partial charge in [-0.25, -0.2) is 10.1 Å². The first-order valence-corrected chi connectivity index (χ1v) is 8.49. The van der Waals surface area contributed by atoms with E-state index in [1.54, 1.807) is 11.8 Å². The molecule has 2 aromatic heterocycles. The van der Waals surface area contributed by atoms with Crippen molar-refractivity contribution >= 4 is 17.7 Å². The second-order valence-electron chi connectivity index (χ2n) is 5.72. The molecule has 2 heterocycles. The van der Waals surface area contributed by atoms with Crippen LogP contribution in [0.2, 0.25) is 0 Å². The van der Waals surface area contributed by atoms with Crippen LogP contribution in [0.5, 0.6) is 0 Å². The first kappa shape index (κ1) is 15.8. The maximum Gasteiger partial charge on any atom is 0.264 e. The number of H-pyrrole nitrogens is 1. The van der Waals surface area contributed by atoms with Gasteiger partial charge in [0.15, 0.2) is 5.16 Å². The van der Waals surface area contributed by atoms with Crippen molar-refractivity contribution in [3.05, 3.63) is 40.6 Å². The molecular weight excluding hydrogens is 314 g/mol. The predicted molar refractivity (Wildman–Crippen MR) is 87.4 cm³/mol. The van der Waals surface area contributed by atoms with Crippen molar-refractivity contribution in [1.29, 1.82) is 0 Å². The molecule has 0 spiro atoms. The van der Waals surface area contributed by atoms with Gasteiger partial charge in [-0.3, -0.25) is 9.59 Å². The van der Waals surface area contributed by atoms with Crippen LogP contribution >= 0.6 is 11.8 Å². The summed E-state index contributed by atoms with van der Waals surface area (Å²) in [5.74, 6) is -0.233. The molecule has 122 valence electrons. The molecule has 1 saturated carbocycles. The molecule has 23 heavy (non-hydrogen) atoms. The Balaban J connectivity index is 1.50. The average molecular weight is 333 g/mol. The summed E-state index contributed by atoms with van der Waals surface area (Å²) >= 11 is 1.80. The fourth-order valence-corrected chi connectivity index (χ4v) is 3.86. The standard InChI is InChI=1S/C15H19N5O2S/c1-20-7-6-16-15(20)23-12-4-2-11(3-5-12)18-14(22)10-8-13(21)19-17-9-10/h6-9,11-12H,2-5H2,1H3,(H,18,22)(H,19,21). The van der Waals surface area contributed by atoms with Crippen molar-refractivity contribution in [2.24, 2.45) is 7.05 Å². The Hall–Kier alpha value is -2.09. The van der Waals surface area contributed by atoms with Crippen molar-refractivity contribution in [1.82, 2.24) is 25.1 Å². The molecular formula is C15H19N5O2S. The van der Waals surface area contributed by atoms with Gasteiger partial charge >= 0.3 is 0 Å². The SMILES string of the molecule is Cn1ccnc1SC1CCC(NC(=O)c2cn[nH]c(=O)c2)CC1. The number of nitrogens with zero attached hydrogens (tertiary/aromatic N) is 3. The number of nitrogens with one attached hydrogen (secondary N) is 2. The van der Waals surface area contributed by atoms with E-state index < -0.39 is 0 Å². The first-order valence-electron chi connectivity index (χ1n) is 7.61. The molecule has 0 aromatic carbocycles. The Morgan fingerprint density at radius 2 is 2.17 bits per heavy atom. The van der Waals surface area contributed by atoms with Crippen LogP contribution in [0, 0.1) is 0 Å². The minimum Gasteiger partial charge on any atom is -0.349 e. The van der Waals surface area contributed by atoms with Crippen LogP contribution in [-0.2, 0) is 7.05 Å². The second kappa shape index (κ2) is 6.99. The number of hydrogen-bond donors (Lipinski definition) is 2. The molecule has 1 aliphatic carbocycles. The molecule has 1 aliphatic rings. The number of hydrogen-bond acceptors (Lipinski definition) is 5. The Kier molecular flexibility index (Phi) is 4.80. The lowest BCUT2D eigenvalue weighted by molar-refractivity contribution is 0.0927. The van der Waals surface area contributed by atoms with Crippen LogP contribution < -0.4 is 10.9 Å². The Labute approximate surface area is 137 Å². The number of amides is 1. The van der Waals surface area contributed by atoms with Crippen LogP contribution in [0.4, 0.5) is 0 Å². The summed E-state index contributed by atoms with van der Waals surface area (Å²) in [5.41, 5.74) is -0.0638. The second-order valence-corrected chi connectivity index (χ2v) is 6.99. The van der Waals surface area contributed by atoms with E-state index in [1.807, 2.05) is 24.0 Å². The molecule has 0 unspecified atom stereocenters. The van der Waals surface area contributed by atoms with Crippen LogP contribution in [0.1, 0.15) is 36.0 Å². The molecule has 3 rings (SSSR count). The minimum atomic E-state index is -0.368. The molecule has 1 amide bonds. The van der Waals surface area contributed by atoms with E-state index in [0.717, 1.165) is 30.8 Å². The molecule has 0 bridgehead atoms. The van der Waals surface area contributed by atoms with E-state index in [9.17, 15) is 9.59 Å². The zero-order chi connectivity index (χ0) is 16.2. The van der Waals surface area contributed by atoms with Gasteiger partial charge in [0.05, 0.1) is 11.8 Å². The van der Waals surface area contributed by atoms with Gasteiger partial charge in [-0.2, -0.15) is 5.10 Å². The van der Waals surface area contributed by atoms with E-state index in [-0.39, 0.29) is 17.5 Å². The van der Waals surface area contributed by atoms with Crippen molar-refractivity contribution in [3.8, 4) is 0 Å². The maximum atomic E-state index is 12.1. The van der Waals surface area contributed by atoms with Crippen LogP contribution in [0.25, 0.3) is 0 Å². The summed E-state index contributed by atoms with van der Waals surface area (Å²) in [6.45, 7) is 0. The Morgan fingerprint density at radius 1 is 1.39 bits per heavy atom. The molecule has 2 N–H and O–H groups in total. The highest BCUT2D eigenvalue weighted by atomic mass is 32.2. The van der Waals surface area contributed by atoms with Crippen molar-refractivity contribution in [2.45, 2.75) is 42.1 Å². The predicted octanol–water partition coefficient (Wildman–Crippen LogP) is 1.34. The summed E-state index contributed by atoms with van der Waals surface area (Å²) in [7, 11) is 2.00. The number of aryl methyl sites for hydroxylation is 1. The molecule has 0 atom stereocenters. The van der Waals surface area contributed by atoms with Crippen LogP contribution in [0.3, 0.4) is 0 Å². The third-order valence-electron chi connectivity index (χ3n) is 3.99. The van der Waals surface area contributed by atoms with Gasteiger partial charge < -0.3 is 9.88 Å². The van der Waals surface area contributed by atoms with Gasteiger partial charge in [-0.1, -0.05) is 11.8 Å². The number of thioether (sulfide) groups is 1. The van der Waals surface area contributed by atoms with Crippen molar-refractivity contribution in [2.75, 3.05) is 0 Å². The van der Waals surface area contributed by atoms with Crippen molar-refractivity contribution in [3.63, 3.8) is 0 Å². The minimum absolute atomic E-state index is 0.153. The van der Waals surface area contributed by atoms with E-state index in [1.165, 1.54) is 12.3 Å². The average Bonchev–Trinajstić information content (AvgIpc) is 2.94. The highest BCUT2D eigenvalue weighted by Crippen LogP contribution is 2.32. The van der Waals surface area contributed by atoms with Crippen LogP contribution in [0.15, 0.2) is 34.6 Å². The van der Waals surface area contributed by atoms with Gasteiger partial charge in [0.25, 0.3) is 11.5 Å². The largest absolute Gasteiger partial charge is 0.349 e. The lowest BCUT2D eigenvalue weighted by Gasteiger charge is -2.28. The number of rotatable bonds is 4. The maximum absolute atomic E-state index is 12.1. The third-order valence-corrected chi connectivity index (χ3v) is 5.39. The summed E-state index contributed by atoms with van der Waals surface area (Å²) in [4.78, 5) is 27.7. The lowest BCUT2D eigenvalue weighted by Crippen LogP contribution is -2.38. The fraction of sp³-hybridized carbons (Fsp3) is 0.467. The number of imidazole rings is 1. The topological polar surface area (TPSA) is 92.7 Å². The molecule has 0 radical (unpaired) electrons. The quantitative estimate of drug-likeness (QED) is 0.881. The Morgan fingerprint density at radius 3 is 2.83 bits per heavy atom. The van der Waals surface area contributed by atoms with Gasteiger partial charge in [-0.05, 0) is 25.7 Å². The number of carbonyl (C=O) groups is 1. The normalized spacial score (nSPS) is 21.1. The summed E-state index contributed by atoms with van der Waals surface area (Å²) in [6.07, 6.45) is 9.08. The number of aromatic nitrogens is 4. The molecule has 0 aliphatic heterocycles. The van der Waals surface area contributed by atoms with E-state index in [0.29, 0.717) is 10.8 Å². The number of carbonyl (C=O) groups excluding carboxylic acids is 1. The van der Waals surface area contributed by atoms with Gasteiger partial charge in [0.1, 0.15) is 0 Å². The van der Waals surface area contributed by atoms with E-state index in [4.69, 9.17) is 0 Å². The Bertz CT molecular complexity index is 733. The van der Waals surface area contributed by atoms with Gasteiger partial charge in [-0.15, -0.1) is 0 Å². The zero-order valence-electron chi connectivity index (χ0n) is 12.9. The summed E-state index contributed by atoms with van der Waals surface area (Å²) in [5, 5.41) is 10.5. The van der Waals surface area contributed by atoms with Gasteiger partial charge in [0, 0.05) is 36.8 Å². The molecule has 1 fully saturated rings. The van der Waals surface area contributed by atoms with Gasteiger partial charge in [0.2, 0.25) is 0 Å². The lowest BCUT2D eigenvalue weighted by atomic mass is 9.95. The fourth-order valence-electron chi connectivity index (χ4n) is 2.71. The smallest absolute Gasteiger partial charge is 0.264 e. The highest BCUT2D eigenvalue weighted by Gasteiger charge is 2.24. The molecule has 8 heteroatoms. The van der Waals surface area contributed by atoms with E-state index in [2.05, 4.69) is 20.5 Å². The molecule has 7 nitrogen and oxygen atoms in total. The summed E-state index contributed by atoms with van der Waals surface area (Å²) in [6, 6.07) is 1.42. The monoisotopic (exact) mass is 333 g/mol. The molecule has 2 aromatic rings. The summed E-state index contributed by atoms with van der Waals surface area (Å²) < 4.78 is 2.03. The van der Waals surface area contributed by atoms with E-state index >= 15 is 0 Å². The third kappa shape index (κ3) is 4.01. The highest BCUT2D eigenvalue weighted by molar-refractivity contribution is 7.99. The van der Waals surface area contributed by atoms with Crippen LogP contribution in [-0.4, -0.2) is 36.9 Å².